The first-order valence-electron chi connectivity index (χ1n) is 11.4. The average Bonchev–Trinajstić information content (AvgIpc) is 3.62. The zero-order valence-electron chi connectivity index (χ0n) is 20.3. The van der Waals surface area contributed by atoms with Crippen molar-refractivity contribution >= 4 is 22.1 Å². The van der Waals surface area contributed by atoms with Crippen molar-refractivity contribution in [3.63, 3.8) is 0 Å². The molecule has 1 fully saturated rings. The molecule has 1 saturated carbocycles. The van der Waals surface area contributed by atoms with Crippen LogP contribution in [0.4, 0.5) is 15.1 Å². The molecule has 11 nitrogen and oxygen atoms in total. The van der Waals surface area contributed by atoms with E-state index >= 15 is 4.39 Å². The van der Waals surface area contributed by atoms with Gasteiger partial charge < -0.3 is 20.4 Å². The molecule has 0 spiro atoms. The van der Waals surface area contributed by atoms with Gasteiger partial charge in [0, 0.05) is 30.3 Å². The molecule has 4 N–H and O–H groups in total. The smallest absolute Gasteiger partial charge is 0.407 e. The quantitative estimate of drug-likeness (QED) is 0.338. The van der Waals surface area contributed by atoms with Crippen molar-refractivity contribution in [2.75, 3.05) is 26.0 Å². The number of aryl methyl sites for hydroxylation is 1. The fraction of sp³-hybridized carbons (Fsp3) is 0.391. The summed E-state index contributed by atoms with van der Waals surface area (Å²) in [6.45, 7) is 3.82. The molecule has 0 aliphatic heterocycles. The number of halogens is 1. The summed E-state index contributed by atoms with van der Waals surface area (Å²) in [4.78, 5) is 27.6. The van der Waals surface area contributed by atoms with Gasteiger partial charge in [-0.15, -0.1) is 0 Å². The number of methoxy groups -OCH3 is 1. The van der Waals surface area contributed by atoms with Crippen molar-refractivity contribution in [1.29, 1.82) is 0 Å². The summed E-state index contributed by atoms with van der Waals surface area (Å²) in [7, 11) is -1.51. The number of nitrogens with zero attached hydrogens (tertiary/aromatic N) is 3. The Morgan fingerprint density at radius 3 is 2.72 bits per heavy atom. The van der Waals surface area contributed by atoms with Crippen molar-refractivity contribution in [3.8, 4) is 22.6 Å². The largest absolute Gasteiger partial charge is 0.453 e. The van der Waals surface area contributed by atoms with E-state index in [9.17, 15) is 13.2 Å². The maximum absolute atomic E-state index is 15.6. The third kappa shape index (κ3) is 5.46. The lowest BCUT2D eigenvalue weighted by atomic mass is 10.1. The van der Waals surface area contributed by atoms with Gasteiger partial charge in [0.2, 0.25) is 16.0 Å². The first-order valence-corrected chi connectivity index (χ1v) is 12.9. The molecule has 1 aliphatic carbocycles. The number of benzene rings is 1. The molecule has 192 valence electrons. The second-order valence-electron chi connectivity index (χ2n) is 8.64. The van der Waals surface area contributed by atoms with Crippen molar-refractivity contribution < 1.29 is 22.3 Å². The highest BCUT2D eigenvalue weighted by molar-refractivity contribution is 7.89. The fourth-order valence-corrected chi connectivity index (χ4v) is 4.58. The second kappa shape index (κ2) is 10.2. The monoisotopic (exact) mass is 517 g/mol. The number of amides is 1. The third-order valence-corrected chi connectivity index (χ3v) is 7.12. The molecule has 3 aromatic rings. The van der Waals surface area contributed by atoms with Crippen LogP contribution in [0.15, 0.2) is 29.3 Å². The van der Waals surface area contributed by atoms with Gasteiger partial charge in [-0.2, -0.15) is 0 Å². The maximum atomic E-state index is 15.6. The second-order valence-corrected chi connectivity index (χ2v) is 10.5. The van der Waals surface area contributed by atoms with Crippen molar-refractivity contribution in [2.24, 2.45) is 0 Å². The molecule has 2 heterocycles. The molecule has 1 atom stereocenters. The van der Waals surface area contributed by atoms with E-state index in [2.05, 4.69) is 40.0 Å². The topological polar surface area (TPSA) is 151 Å². The lowest BCUT2D eigenvalue weighted by molar-refractivity contribution is 0.168. The number of hydrogen-bond donors (Lipinski definition) is 4. The van der Waals surface area contributed by atoms with Gasteiger partial charge in [-0.05, 0) is 57.5 Å². The number of aromatic nitrogens is 4. The Morgan fingerprint density at radius 1 is 1.31 bits per heavy atom. The summed E-state index contributed by atoms with van der Waals surface area (Å²) in [6, 6.07) is 4.26. The van der Waals surface area contributed by atoms with Crippen molar-refractivity contribution in [3.05, 3.63) is 41.6 Å². The molecule has 0 saturated heterocycles. The molecule has 13 heteroatoms. The number of alkyl carbamates (subject to hydrolysis) is 1. The van der Waals surface area contributed by atoms with Gasteiger partial charge in [0.1, 0.15) is 16.4 Å². The number of sulfonamides is 1. The Labute approximate surface area is 208 Å². The summed E-state index contributed by atoms with van der Waals surface area (Å²) in [5.41, 5.74) is 1.82. The highest BCUT2D eigenvalue weighted by Crippen LogP contribution is 2.42. The minimum absolute atomic E-state index is 0.0611. The normalized spacial score (nSPS) is 14.4. The van der Waals surface area contributed by atoms with E-state index < -0.39 is 26.8 Å². The van der Waals surface area contributed by atoms with E-state index in [4.69, 9.17) is 0 Å². The number of rotatable bonds is 9. The maximum Gasteiger partial charge on any atom is 0.407 e. The van der Waals surface area contributed by atoms with E-state index in [0.29, 0.717) is 35.3 Å². The number of carbonyl (C=O) groups is 1. The van der Waals surface area contributed by atoms with E-state index in [-0.39, 0.29) is 23.2 Å². The first-order chi connectivity index (χ1) is 17.1. The minimum Gasteiger partial charge on any atom is -0.453 e. The molecule has 1 aromatic carbocycles. The van der Waals surface area contributed by atoms with Gasteiger partial charge in [-0.25, -0.2) is 37.3 Å². The van der Waals surface area contributed by atoms with Crippen LogP contribution in [0.1, 0.15) is 37.1 Å². The molecule has 36 heavy (non-hydrogen) atoms. The van der Waals surface area contributed by atoms with Gasteiger partial charge in [0.05, 0.1) is 18.5 Å². The van der Waals surface area contributed by atoms with Crippen LogP contribution in [-0.2, 0) is 14.8 Å². The molecule has 1 aliphatic rings. The van der Waals surface area contributed by atoms with Crippen LogP contribution in [-0.4, -0.2) is 61.2 Å². The van der Waals surface area contributed by atoms with E-state index in [1.807, 2.05) is 0 Å². The predicted molar refractivity (Wildman–Crippen MR) is 131 cm³/mol. The predicted octanol–water partition coefficient (Wildman–Crippen LogP) is 2.92. The van der Waals surface area contributed by atoms with Crippen LogP contribution in [0.5, 0.6) is 0 Å². The molecule has 2 aromatic heterocycles. The van der Waals surface area contributed by atoms with Crippen LogP contribution in [0.2, 0.25) is 0 Å². The van der Waals surface area contributed by atoms with E-state index in [1.165, 1.54) is 20.2 Å². The van der Waals surface area contributed by atoms with Gasteiger partial charge in [-0.3, -0.25) is 0 Å². The molecule has 0 unspecified atom stereocenters. The summed E-state index contributed by atoms with van der Waals surface area (Å²) in [5.74, 6) is 0.335. The summed E-state index contributed by atoms with van der Waals surface area (Å²) in [5, 5.41) is 5.70. The Kier molecular flexibility index (Phi) is 7.22. The average molecular weight is 518 g/mol. The number of ether oxygens (including phenoxy) is 1. The van der Waals surface area contributed by atoms with Crippen LogP contribution < -0.4 is 15.4 Å². The van der Waals surface area contributed by atoms with E-state index in [0.717, 1.165) is 12.8 Å². The number of imidazole rings is 1. The fourth-order valence-electron chi connectivity index (χ4n) is 3.67. The molecule has 4 rings (SSSR count). The lowest BCUT2D eigenvalue weighted by Crippen LogP contribution is -2.37. The Bertz CT molecular complexity index is 1390. The number of carbonyl (C=O) groups excluding carboxylic acids is 1. The van der Waals surface area contributed by atoms with Gasteiger partial charge in [0.25, 0.3) is 0 Å². The first kappa shape index (κ1) is 25.5. The summed E-state index contributed by atoms with van der Waals surface area (Å²) in [6.07, 6.45) is 2.93. The van der Waals surface area contributed by atoms with Crippen molar-refractivity contribution in [2.45, 2.75) is 43.5 Å². The van der Waals surface area contributed by atoms with Gasteiger partial charge >= 0.3 is 6.09 Å². The third-order valence-electron chi connectivity index (χ3n) is 5.71. The standard InChI is InChI=1S/C23H28FN7O4S/c1-12-9-15(18(24)17(10-12)36(33,34)25-3)19-20(31-21(30-19)14-5-6-14)16-7-8-26-22(29-16)27-11-13(2)28-23(32)35-4/h7-10,13-14,25H,5-6,11H2,1-4H3,(H,28,32)(H,30,31)(H,26,27,29)/t13-/m0/s1. The summed E-state index contributed by atoms with van der Waals surface area (Å²) < 4.78 is 47.3. The highest BCUT2D eigenvalue weighted by atomic mass is 32.2. The zero-order valence-corrected chi connectivity index (χ0v) is 21.2. The lowest BCUT2D eigenvalue weighted by Gasteiger charge is -2.14. The summed E-state index contributed by atoms with van der Waals surface area (Å²) >= 11 is 0. The Morgan fingerprint density at radius 2 is 2.06 bits per heavy atom. The number of H-pyrrole nitrogens is 1. The molecule has 1 amide bonds. The minimum atomic E-state index is -4.03. The van der Waals surface area contributed by atoms with E-state index in [1.54, 1.807) is 32.2 Å². The van der Waals surface area contributed by atoms with Crippen molar-refractivity contribution in [1.82, 2.24) is 30.0 Å². The molecular formula is C23H28FN7O4S. The zero-order chi connectivity index (χ0) is 26.0. The molecular weight excluding hydrogens is 489 g/mol. The molecule has 0 radical (unpaired) electrons. The molecule has 0 bridgehead atoms. The van der Waals surface area contributed by atoms with Gasteiger partial charge in [0.15, 0.2) is 5.82 Å². The van der Waals surface area contributed by atoms with Crippen LogP contribution in [0, 0.1) is 12.7 Å². The number of hydrogen-bond acceptors (Lipinski definition) is 8. The van der Waals surface area contributed by atoms with Crippen LogP contribution in [0.3, 0.4) is 0 Å². The number of aromatic amines is 1. The van der Waals surface area contributed by atoms with Crippen LogP contribution in [0.25, 0.3) is 22.6 Å². The van der Waals surface area contributed by atoms with Crippen LogP contribution >= 0.6 is 0 Å². The SMILES string of the molecule is CNS(=O)(=O)c1cc(C)cc(-c2nc(C3CC3)[nH]c2-c2ccnc(NC[C@H](C)NC(=O)OC)n2)c1F. The number of nitrogens with one attached hydrogen (secondary N) is 4. The van der Waals surface area contributed by atoms with Gasteiger partial charge in [-0.1, -0.05) is 0 Å². The Balaban J connectivity index is 1.73. The number of anilines is 1. The highest BCUT2D eigenvalue weighted by Gasteiger charge is 2.31. The Hall–Kier alpha value is -3.58.